The van der Waals surface area contributed by atoms with Gasteiger partial charge in [0, 0.05) is 10.6 Å². The highest BCUT2D eigenvalue weighted by Gasteiger charge is 2.11. The van der Waals surface area contributed by atoms with Gasteiger partial charge in [0.25, 0.3) is 5.91 Å². The molecule has 0 saturated heterocycles. The average molecular weight is 311 g/mol. The molecule has 5 heteroatoms. The summed E-state index contributed by atoms with van der Waals surface area (Å²) in [6, 6.07) is 9.20. The number of carbonyl (C=O) groups excluding carboxylic acids is 1. The first-order valence-electron chi connectivity index (χ1n) is 5.03. The van der Waals surface area contributed by atoms with Gasteiger partial charge in [0.05, 0.1) is 16.6 Å². The van der Waals surface area contributed by atoms with E-state index in [0.29, 0.717) is 22.3 Å². The normalized spacial score (nSPS) is 10.2. The molecule has 17 heavy (non-hydrogen) atoms. The SMILES string of the molecule is Nc1cccc(C(=O)NCc2cccs2)c1Br. The monoisotopic (exact) mass is 310 g/mol. The maximum atomic E-state index is 11.9. The number of nitrogen functional groups attached to an aromatic ring is 1. The first-order chi connectivity index (χ1) is 8.18. The molecule has 2 aromatic rings. The van der Waals surface area contributed by atoms with E-state index < -0.39 is 0 Å². The van der Waals surface area contributed by atoms with Crippen LogP contribution in [0.5, 0.6) is 0 Å². The van der Waals surface area contributed by atoms with Crippen LogP contribution in [0.2, 0.25) is 0 Å². The van der Waals surface area contributed by atoms with E-state index >= 15 is 0 Å². The Bertz CT molecular complexity index is 525. The van der Waals surface area contributed by atoms with E-state index in [1.165, 1.54) is 0 Å². The average Bonchev–Trinajstić information content (AvgIpc) is 2.82. The molecule has 0 saturated carbocycles. The number of hydrogen-bond acceptors (Lipinski definition) is 3. The molecule has 0 radical (unpaired) electrons. The quantitative estimate of drug-likeness (QED) is 0.856. The zero-order valence-corrected chi connectivity index (χ0v) is 11.3. The Morgan fingerprint density at radius 3 is 2.88 bits per heavy atom. The molecule has 0 aliphatic rings. The molecule has 0 bridgehead atoms. The number of hydrogen-bond donors (Lipinski definition) is 2. The van der Waals surface area contributed by atoms with Crippen molar-refractivity contribution in [3.8, 4) is 0 Å². The highest BCUT2D eigenvalue weighted by Crippen LogP contribution is 2.23. The Kier molecular flexibility index (Phi) is 3.81. The van der Waals surface area contributed by atoms with E-state index in [9.17, 15) is 4.79 Å². The standard InChI is InChI=1S/C12H11BrN2OS/c13-11-9(4-1-5-10(11)14)12(16)15-7-8-3-2-6-17-8/h1-6H,7,14H2,(H,15,16). The molecule has 88 valence electrons. The van der Waals surface area contributed by atoms with Gasteiger partial charge in [-0.1, -0.05) is 12.1 Å². The molecule has 1 amide bonds. The number of rotatable bonds is 3. The summed E-state index contributed by atoms with van der Waals surface area (Å²) in [5.74, 6) is -0.127. The Morgan fingerprint density at radius 2 is 2.18 bits per heavy atom. The third-order valence-corrected chi connectivity index (χ3v) is 4.04. The minimum Gasteiger partial charge on any atom is -0.398 e. The first kappa shape index (κ1) is 12.1. The van der Waals surface area contributed by atoms with Gasteiger partial charge >= 0.3 is 0 Å². The van der Waals surface area contributed by atoms with Crippen LogP contribution in [0, 0.1) is 0 Å². The van der Waals surface area contributed by atoms with Gasteiger partial charge in [0.1, 0.15) is 0 Å². The van der Waals surface area contributed by atoms with Crippen LogP contribution in [0.1, 0.15) is 15.2 Å². The molecule has 0 spiro atoms. The third-order valence-electron chi connectivity index (χ3n) is 2.28. The van der Waals surface area contributed by atoms with Crippen LogP contribution in [-0.2, 0) is 6.54 Å². The van der Waals surface area contributed by atoms with Gasteiger partial charge in [-0.2, -0.15) is 0 Å². The molecular weight excluding hydrogens is 300 g/mol. The molecule has 3 N–H and O–H groups in total. The second-order valence-corrected chi connectivity index (χ2v) is 5.30. The Morgan fingerprint density at radius 1 is 1.35 bits per heavy atom. The topological polar surface area (TPSA) is 55.1 Å². The Labute approximate surface area is 112 Å². The summed E-state index contributed by atoms with van der Waals surface area (Å²) in [5, 5.41) is 4.84. The largest absolute Gasteiger partial charge is 0.398 e. The molecule has 0 atom stereocenters. The van der Waals surface area contributed by atoms with Gasteiger partial charge in [-0.15, -0.1) is 11.3 Å². The number of amides is 1. The fourth-order valence-electron chi connectivity index (χ4n) is 1.40. The van der Waals surface area contributed by atoms with E-state index in [-0.39, 0.29) is 5.91 Å². The second-order valence-electron chi connectivity index (χ2n) is 3.47. The summed E-state index contributed by atoms with van der Waals surface area (Å²) >= 11 is 4.93. The number of benzene rings is 1. The lowest BCUT2D eigenvalue weighted by molar-refractivity contribution is 0.0950. The maximum absolute atomic E-state index is 11.9. The lowest BCUT2D eigenvalue weighted by Crippen LogP contribution is -2.22. The van der Waals surface area contributed by atoms with Crippen molar-refractivity contribution in [3.63, 3.8) is 0 Å². The molecule has 0 aliphatic carbocycles. The van der Waals surface area contributed by atoms with Crippen molar-refractivity contribution in [1.29, 1.82) is 0 Å². The fourth-order valence-corrected chi connectivity index (χ4v) is 2.49. The van der Waals surface area contributed by atoms with Crippen LogP contribution in [0.4, 0.5) is 5.69 Å². The third kappa shape index (κ3) is 2.87. The molecule has 0 unspecified atom stereocenters. The predicted octanol–water partition coefficient (Wildman–Crippen LogP) is 3.02. The summed E-state index contributed by atoms with van der Waals surface area (Å²) in [6.45, 7) is 0.539. The van der Waals surface area contributed by atoms with Gasteiger partial charge < -0.3 is 11.1 Å². The van der Waals surface area contributed by atoms with Gasteiger partial charge in [-0.05, 0) is 39.5 Å². The molecule has 0 fully saturated rings. The van der Waals surface area contributed by atoms with Gasteiger partial charge in [0.2, 0.25) is 0 Å². The summed E-state index contributed by atoms with van der Waals surface area (Å²) in [7, 11) is 0. The van der Waals surface area contributed by atoms with Crippen molar-refractivity contribution in [1.82, 2.24) is 5.32 Å². The number of nitrogens with one attached hydrogen (secondary N) is 1. The lowest BCUT2D eigenvalue weighted by atomic mass is 10.2. The van der Waals surface area contributed by atoms with Crippen LogP contribution >= 0.6 is 27.3 Å². The van der Waals surface area contributed by atoms with Crippen LogP contribution in [0.15, 0.2) is 40.2 Å². The lowest BCUT2D eigenvalue weighted by Gasteiger charge is -2.07. The van der Waals surface area contributed by atoms with Crippen molar-refractivity contribution in [2.75, 3.05) is 5.73 Å². The van der Waals surface area contributed by atoms with Crippen molar-refractivity contribution in [2.45, 2.75) is 6.54 Å². The van der Waals surface area contributed by atoms with Gasteiger partial charge in [-0.25, -0.2) is 0 Å². The molecule has 0 aliphatic heterocycles. The van der Waals surface area contributed by atoms with Crippen LogP contribution < -0.4 is 11.1 Å². The summed E-state index contributed by atoms with van der Waals surface area (Å²) < 4.78 is 0.642. The smallest absolute Gasteiger partial charge is 0.252 e. The fraction of sp³-hybridized carbons (Fsp3) is 0.0833. The number of thiophene rings is 1. The summed E-state index contributed by atoms with van der Waals surface area (Å²) in [6.07, 6.45) is 0. The number of halogens is 1. The molecule has 1 aromatic carbocycles. The number of carbonyl (C=O) groups is 1. The predicted molar refractivity (Wildman–Crippen MR) is 74.0 cm³/mol. The summed E-state index contributed by atoms with van der Waals surface area (Å²) in [4.78, 5) is 13.0. The first-order valence-corrected chi connectivity index (χ1v) is 6.70. The van der Waals surface area contributed by atoms with Crippen molar-refractivity contribution >= 4 is 38.9 Å². The zero-order chi connectivity index (χ0) is 12.3. The van der Waals surface area contributed by atoms with E-state index in [1.54, 1.807) is 29.5 Å². The zero-order valence-electron chi connectivity index (χ0n) is 8.94. The number of anilines is 1. The molecular formula is C12H11BrN2OS. The van der Waals surface area contributed by atoms with Crippen molar-refractivity contribution < 1.29 is 4.79 Å². The summed E-state index contributed by atoms with van der Waals surface area (Å²) in [5.41, 5.74) is 6.85. The van der Waals surface area contributed by atoms with Crippen molar-refractivity contribution in [3.05, 3.63) is 50.6 Å². The van der Waals surface area contributed by atoms with E-state index in [2.05, 4.69) is 21.2 Å². The van der Waals surface area contributed by atoms with Crippen LogP contribution in [0.3, 0.4) is 0 Å². The minimum atomic E-state index is -0.127. The van der Waals surface area contributed by atoms with Crippen molar-refractivity contribution in [2.24, 2.45) is 0 Å². The van der Waals surface area contributed by atoms with Gasteiger partial charge in [0.15, 0.2) is 0 Å². The van der Waals surface area contributed by atoms with E-state index in [1.807, 2.05) is 17.5 Å². The van der Waals surface area contributed by atoms with E-state index in [4.69, 9.17) is 5.73 Å². The Hall–Kier alpha value is -1.33. The molecule has 1 aromatic heterocycles. The highest BCUT2D eigenvalue weighted by molar-refractivity contribution is 9.10. The minimum absolute atomic E-state index is 0.127. The number of nitrogens with two attached hydrogens (primary N) is 1. The van der Waals surface area contributed by atoms with Crippen LogP contribution in [0.25, 0.3) is 0 Å². The second kappa shape index (κ2) is 5.33. The maximum Gasteiger partial charge on any atom is 0.252 e. The van der Waals surface area contributed by atoms with Crippen LogP contribution in [-0.4, -0.2) is 5.91 Å². The highest BCUT2D eigenvalue weighted by atomic mass is 79.9. The molecule has 2 rings (SSSR count). The Balaban J connectivity index is 2.07. The van der Waals surface area contributed by atoms with E-state index in [0.717, 1.165) is 4.88 Å². The molecule has 1 heterocycles. The molecule has 3 nitrogen and oxygen atoms in total. The van der Waals surface area contributed by atoms with Gasteiger partial charge in [-0.3, -0.25) is 4.79 Å².